The Morgan fingerprint density at radius 1 is 0.885 bits per heavy atom. The maximum atomic E-state index is 5.99. The van der Waals surface area contributed by atoms with Crippen molar-refractivity contribution in [2.24, 2.45) is 0 Å². The zero-order valence-corrected chi connectivity index (χ0v) is 16.3. The first-order valence-electron chi connectivity index (χ1n) is 9.25. The van der Waals surface area contributed by atoms with Crippen molar-refractivity contribution < 1.29 is 14.5 Å². The second kappa shape index (κ2) is 8.05. The van der Waals surface area contributed by atoms with Gasteiger partial charge in [-0.15, -0.1) is 0 Å². The van der Waals surface area contributed by atoms with Gasteiger partial charge in [0.05, 0.1) is 6.61 Å². The van der Waals surface area contributed by atoms with Crippen LogP contribution in [-0.2, 0) is 14.5 Å². The second-order valence-corrected chi connectivity index (χ2v) is 7.90. The molecule has 1 saturated carbocycles. The van der Waals surface area contributed by atoms with Crippen molar-refractivity contribution in [1.82, 2.24) is 0 Å². The summed E-state index contributed by atoms with van der Waals surface area (Å²) in [6.07, 6.45) is 9.32. The van der Waals surface area contributed by atoms with E-state index in [1.165, 1.54) is 17.5 Å². The summed E-state index contributed by atoms with van der Waals surface area (Å²) in [7, 11) is 0. The molecule has 4 rings (SSSR count). The molecule has 0 bridgehead atoms. The molecule has 136 valence electrons. The normalized spacial score (nSPS) is 22.7. The van der Waals surface area contributed by atoms with E-state index in [2.05, 4.69) is 70.5 Å². The molecule has 2 aromatic rings. The van der Waals surface area contributed by atoms with E-state index in [4.69, 9.17) is 14.5 Å². The molecule has 1 aliphatic heterocycles. The molecule has 3 nitrogen and oxygen atoms in total. The average molecular weight is 415 g/mol. The molecule has 4 heteroatoms. The van der Waals surface area contributed by atoms with E-state index in [9.17, 15) is 0 Å². The number of hydrogen-bond acceptors (Lipinski definition) is 3. The van der Waals surface area contributed by atoms with E-state index in [1.54, 1.807) is 0 Å². The third kappa shape index (κ3) is 4.26. The quantitative estimate of drug-likeness (QED) is 0.564. The van der Waals surface area contributed by atoms with Crippen LogP contribution in [0.5, 0.6) is 0 Å². The second-order valence-electron chi connectivity index (χ2n) is 6.99. The van der Waals surface area contributed by atoms with Crippen LogP contribution in [0.1, 0.15) is 37.7 Å². The lowest BCUT2D eigenvalue weighted by atomic mass is 9.94. The van der Waals surface area contributed by atoms with E-state index in [-0.39, 0.29) is 6.10 Å². The highest BCUT2D eigenvalue weighted by Crippen LogP contribution is 2.36. The molecule has 1 spiro atoms. The zero-order chi connectivity index (χ0) is 17.8. The fourth-order valence-electron chi connectivity index (χ4n) is 3.49. The maximum absolute atomic E-state index is 5.99. The van der Waals surface area contributed by atoms with Crippen LogP contribution < -0.4 is 0 Å². The predicted molar refractivity (Wildman–Crippen MR) is 106 cm³/mol. The third-order valence-corrected chi connectivity index (χ3v) is 5.57. The molecule has 2 fully saturated rings. The van der Waals surface area contributed by atoms with Crippen LogP contribution in [0.2, 0.25) is 0 Å². The molecule has 1 unspecified atom stereocenters. The largest absolute Gasteiger partial charge is 0.344 e. The smallest absolute Gasteiger partial charge is 0.201 e. The van der Waals surface area contributed by atoms with Crippen molar-refractivity contribution in [2.75, 3.05) is 6.61 Å². The molecule has 0 aromatic heterocycles. The predicted octanol–water partition coefficient (Wildman–Crippen LogP) is 6.14. The number of benzene rings is 2. The topological polar surface area (TPSA) is 27.7 Å². The molecule has 0 amide bonds. The highest BCUT2D eigenvalue weighted by atomic mass is 79.9. The minimum Gasteiger partial charge on any atom is -0.344 e. The van der Waals surface area contributed by atoms with Gasteiger partial charge in [0.25, 0.3) is 0 Å². The van der Waals surface area contributed by atoms with E-state index < -0.39 is 5.79 Å². The van der Waals surface area contributed by atoms with Crippen molar-refractivity contribution in [2.45, 2.75) is 44.0 Å². The third-order valence-electron chi connectivity index (χ3n) is 5.04. The Hall–Kier alpha value is -1.46. The van der Waals surface area contributed by atoms with E-state index in [1.807, 2.05) is 6.08 Å². The maximum Gasteiger partial charge on any atom is 0.201 e. The van der Waals surface area contributed by atoms with Gasteiger partial charge in [0, 0.05) is 17.3 Å². The van der Waals surface area contributed by atoms with Gasteiger partial charge in [0.2, 0.25) is 5.79 Å². The van der Waals surface area contributed by atoms with Crippen LogP contribution in [-0.4, -0.2) is 18.5 Å². The summed E-state index contributed by atoms with van der Waals surface area (Å²) in [6, 6.07) is 16.8. The Kier molecular flexibility index (Phi) is 5.55. The Bertz CT molecular complexity index is 736. The zero-order valence-electron chi connectivity index (χ0n) is 14.7. The molecular formula is C22H23BrO3. The summed E-state index contributed by atoms with van der Waals surface area (Å²) in [5, 5.41) is 0. The van der Waals surface area contributed by atoms with Gasteiger partial charge < -0.3 is 4.74 Å². The monoisotopic (exact) mass is 414 g/mol. The fourth-order valence-corrected chi connectivity index (χ4v) is 3.75. The Balaban J connectivity index is 1.35. The molecule has 1 atom stereocenters. The van der Waals surface area contributed by atoms with E-state index in [0.717, 1.165) is 35.7 Å². The van der Waals surface area contributed by atoms with Crippen molar-refractivity contribution in [3.05, 3.63) is 64.6 Å². The number of halogens is 1. The SMILES string of the molecule is Brc1ccc(-c2ccc(C=CC3COC4(CCCCC4)OO3)cc2)cc1. The van der Waals surface area contributed by atoms with Gasteiger partial charge in [0.1, 0.15) is 6.10 Å². The lowest BCUT2D eigenvalue weighted by Crippen LogP contribution is -2.45. The summed E-state index contributed by atoms with van der Waals surface area (Å²) in [4.78, 5) is 11.2. The van der Waals surface area contributed by atoms with Crippen LogP contribution >= 0.6 is 15.9 Å². The van der Waals surface area contributed by atoms with Crippen molar-refractivity contribution in [1.29, 1.82) is 0 Å². The van der Waals surface area contributed by atoms with Gasteiger partial charge >= 0.3 is 0 Å². The first-order valence-corrected chi connectivity index (χ1v) is 10.0. The average Bonchev–Trinajstić information content (AvgIpc) is 2.69. The minimum absolute atomic E-state index is 0.159. The molecule has 2 aliphatic rings. The summed E-state index contributed by atoms with van der Waals surface area (Å²) in [5.74, 6) is -0.491. The minimum atomic E-state index is -0.491. The van der Waals surface area contributed by atoms with Crippen molar-refractivity contribution in [3.63, 3.8) is 0 Å². The lowest BCUT2D eigenvalue weighted by Gasteiger charge is -2.40. The van der Waals surface area contributed by atoms with Crippen LogP contribution in [0.4, 0.5) is 0 Å². The van der Waals surface area contributed by atoms with Gasteiger partial charge in [-0.1, -0.05) is 64.8 Å². The van der Waals surface area contributed by atoms with E-state index in [0.29, 0.717) is 6.61 Å². The molecule has 0 radical (unpaired) electrons. The highest BCUT2D eigenvalue weighted by Gasteiger charge is 2.39. The standard InChI is InChI=1S/C22H23BrO3/c23-20-11-9-19(10-12-20)18-7-4-17(5-8-18)6-13-21-16-24-22(26-25-21)14-2-1-3-15-22/h4-13,21H,1-3,14-16H2. The first-order chi connectivity index (χ1) is 12.7. The van der Waals surface area contributed by atoms with Crippen molar-refractivity contribution >= 4 is 22.0 Å². The van der Waals surface area contributed by atoms with Crippen LogP contribution in [0.15, 0.2) is 59.1 Å². The molecule has 2 aromatic carbocycles. The van der Waals surface area contributed by atoms with Crippen molar-refractivity contribution in [3.8, 4) is 11.1 Å². The Labute approximate surface area is 163 Å². The molecule has 0 N–H and O–H groups in total. The van der Waals surface area contributed by atoms with Gasteiger partial charge in [-0.3, -0.25) is 0 Å². The molecular weight excluding hydrogens is 392 g/mol. The van der Waals surface area contributed by atoms with Gasteiger partial charge in [0.15, 0.2) is 0 Å². The first kappa shape index (κ1) is 17.9. The summed E-state index contributed by atoms with van der Waals surface area (Å²) < 4.78 is 7.08. The Morgan fingerprint density at radius 3 is 2.15 bits per heavy atom. The number of ether oxygens (including phenoxy) is 1. The van der Waals surface area contributed by atoms with Gasteiger partial charge in [-0.2, -0.15) is 0 Å². The summed E-state index contributed by atoms with van der Waals surface area (Å²) in [5.41, 5.74) is 3.54. The molecule has 26 heavy (non-hydrogen) atoms. The van der Waals surface area contributed by atoms with Gasteiger partial charge in [-0.25, -0.2) is 9.78 Å². The number of hydrogen-bond donors (Lipinski definition) is 0. The number of rotatable bonds is 3. The molecule has 1 saturated heterocycles. The van der Waals surface area contributed by atoms with Crippen LogP contribution in [0, 0.1) is 0 Å². The summed E-state index contributed by atoms with van der Waals surface area (Å²) >= 11 is 3.47. The van der Waals surface area contributed by atoms with E-state index >= 15 is 0 Å². The fraction of sp³-hybridized carbons (Fsp3) is 0.364. The van der Waals surface area contributed by atoms with Gasteiger partial charge in [-0.05, 0) is 47.7 Å². The summed E-state index contributed by atoms with van der Waals surface area (Å²) in [6.45, 7) is 0.549. The highest BCUT2D eigenvalue weighted by molar-refractivity contribution is 9.10. The molecule has 1 aliphatic carbocycles. The van der Waals surface area contributed by atoms with Crippen LogP contribution in [0.3, 0.4) is 0 Å². The Morgan fingerprint density at radius 2 is 1.54 bits per heavy atom. The van der Waals surface area contributed by atoms with Crippen LogP contribution in [0.25, 0.3) is 17.2 Å². The lowest BCUT2D eigenvalue weighted by molar-refractivity contribution is -0.484. The molecule has 1 heterocycles.